The van der Waals surface area contributed by atoms with Crippen LogP contribution < -0.4 is 5.32 Å². The largest absolute Gasteiger partial charge is 0.467 e. The van der Waals surface area contributed by atoms with Gasteiger partial charge in [-0.25, -0.2) is 4.79 Å². The molecule has 0 fully saturated rings. The van der Waals surface area contributed by atoms with Gasteiger partial charge in [-0.1, -0.05) is 35.5 Å². The Morgan fingerprint density at radius 3 is 2.55 bits per heavy atom. The van der Waals surface area contributed by atoms with Crippen LogP contribution in [-0.2, 0) is 6.54 Å². The van der Waals surface area contributed by atoms with E-state index >= 15 is 0 Å². The van der Waals surface area contributed by atoms with Crippen LogP contribution in [0, 0.1) is 0 Å². The van der Waals surface area contributed by atoms with Crippen molar-refractivity contribution in [3.63, 3.8) is 0 Å². The summed E-state index contributed by atoms with van der Waals surface area (Å²) >= 11 is 1.68. The van der Waals surface area contributed by atoms with Gasteiger partial charge in [0.15, 0.2) is 0 Å². The third-order valence-electron chi connectivity index (χ3n) is 5.63. The summed E-state index contributed by atoms with van der Waals surface area (Å²) in [4.78, 5) is 20.5. The zero-order chi connectivity index (χ0) is 22.8. The number of aromatic nitrogens is 2. The summed E-state index contributed by atoms with van der Waals surface area (Å²) in [5.41, 5.74) is 3.29. The van der Waals surface area contributed by atoms with Gasteiger partial charge in [0.1, 0.15) is 5.76 Å². The van der Waals surface area contributed by atoms with Gasteiger partial charge in [0.05, 0.1) is 24.4 Å². The van der Waals surface area contributed by atoms with Crippen LogP contribution in [0.4, 0.5) is 4.79 Å². The molecule has 0 radical (unpaired) electrons. The average molecular weight is 459 g/mol. The molecular weight excluding hydrogens is 436 g/mol. The number of carbonyl (C=O) groups is 1. The fraction of sp³-hybridized carbons (Fsp3) is 0.160. The molecular formula is C25H22N4O3S. The van der Waals surface area contributed by atoms with Crippen molar-refractivity contribution < 1.29 is 13.7 Å². The smallest absolute Gasteiger partial charge is 0.322 e. The first-order valence-electron chi connectivity index (χ1n) is 10.5. The minimum Gasteiger partial charge on any atom is -0.467 e. The highest BCUT2D eigenvalue weighted by molar-refractivity contribution is 7.98. The number of carbonyl (C=O) groups excluding carboxylic acids is 1. The molecule has 1 N–H and O–H groups in total. The third kappa shape index (κ3) is 4.17. The molecule has 0 bridgehead atoms. The number of amides is 2. The molecule has 0 saturated carbocycles. The molecule has 3 heterocycles. The van der Waals surface area contributed by atoms with Crippen molar-refractivity contribution in [2.45, 2.75) is 24.4 Å². The first kappa shape index (κ1) is 21.1. The molecule has 8 heteroatoms. The molecule has 1 aliphatic heterocycles. The molecule has 1 unspecified atom stereocenters. The lowest BCUT2D eigenvalue weighted by molar-refractivity contribution is 0.199. The number of thioether (sulfide) groups is 1. The second-order valence-corrected chi connectivity index (χ2v) is 8.49. The van der Waals surface area contributed by atoms with E-state index in [-0.39, 0.29) is 6.03 Å². The molecule has 7 nitrogen and oxygen atoms in total. The molecule has 1 aliphatic rings. The van der Waals surface area contributed by atoms with Crippen LogP contribution in [0.25, 0.3) is 17.0 Å². The minimum absolute atomic E-state index is 0.214. The van der Waals surface area contributed by atoms with Gasteiger partial charge in [-0.15, -0.1) is 11.8 Å². The van der Waals surface area contributed by atoms with Crippen LogP contribution in [0.15, 0.2) is 92.5 Å². The lowest BCUT2D eigenvalue weighted by atomic mass is 9.94. The van der Waals surface area contributed by atoms with Crippen molar-refractivity contribution in [2.75, 3.05) is 6.26 Å². The van der Waals surface area contributed by atoms with Gasteiger partial charge in [0, 0.05) is 16.2 Å². The van der Waals surface area contributed by atoms with E-state index in [1.807, 2.05) is 73.8 Å². The number of hydrogen-bond acceptors (Lipinski definition) is 6. The van der Waals surface area contributed by atoms with Gasteiger partial charge in [-0.2, -0.15) is 4.98 Å². The highest BCUT2D eigenvalue weighted by Crippen LogP contribution is 2.37. The lowest BCUT2D eigenvalue weighted by Crippen LogP contribution is -2.45. The summed E-state index contributed by atoms with van der Waals surface area (Å²) in [5.74, 6) is 1.55. The fourth-order valence-electron chi connectivity index (χ4n) is 3.89. The maximum absolute atomic E-state index is 13.0. The Kier molecular flexibility index (Phi) is 5.75. The van der Waals surface area contributed by atoms with Crippen LogP contribution in [-0.4, -0.2) is 27.3 Å². The summed E-state index contributed by atoms with van der Waals surface area (Å²) in [6.07, 6.45) is 3.63. The maximum atomic E-state index is 13.0. The van der Waals surface area contributed by atoms with Gasteiger partial charge in [-0.3, -0.25) is 4.90 Å². The van der Waals surface area contributed by atoms with Gasteiger partial charge in [0.2, 0.25) is 5.82 Å². The Balaban J connectivity index is 1.57. The Bertz CT molecular complexity index is 1280. The van der Waals surface area contributed by atoms with Gasteiger partial charge in [-0.05, 0) is 55.1 Å². The van der Waals surface area contributed by atoms with E-state index in [9.17, 15) is 4.79 Å². The molecule has 0 saturated heterocycles. The van der Waals surface area contributed by atoms with Crippen LogP contribution in [0.5, 0.6) is 0 Å². The van der Waals surface area contributed by atoms with E-state index in [4.69, 9.17) is 13.9 Å². The summed E-state index contributed by atoms with van der Waals surface area (Å²) in [5, 5.41) is 7.32. The number of allylic oxidation sites excluding steroid dienone is 1. The molecule has 0 aliphatic carbocycles. The highest BCUT2D eigenvalue weighted by atomic mass is 32.2. The van der Waals surface area contributed by atoms with Crippen molar-refractivity contribution in [3.05, 3.63) is 95.9 Å². The third-order valence-corrected chi connectivity index (χ3v) is 6.37. The van der Waals surface area contributed by atoms with E-state index in [0.29, 0.717) is 24.0 Å². The average Bonchev–Trinajstić information content (AvgIpc) is 3.54. The molecule has 166 valence electrons. The van der Waals surface area contributed by atoms with Crippen LogP contribution >= 0.6 is 11.8 Å². The van der Waals surface area contributed by atoms with Crippen molar-refractivity contribution in [3.8, 4) is 11.4 Å². The number of benzene rings is 2. The zero-order valence-corrected chi connectivity index (χ0v) is 19.0. The van der Waals surface area contributed by atoms with Crippen LogP contribution in [0.3, 0.4) is 0 Å². The van der Waals surface area contributed by atoms with E-state index in [2.05, 4.69) is 10.5 Å². The maximum Gasteiger partial charge on any atom is 0.322 e. The fourth-order valence-corrected chi connectivity index (χ4v) is 4.30. The number of furan rings is 1. The summed E-state index contributed by atoms with van der Waals surface area (Å²) in [7, 11) is 0. The normalized spacial score (nSPS) is 16.2. The second kappa shape index (κ2) is 8.99. The van der Waals surface area contributed by atoms with E-state index in [0.717, 1.165) is 27.3 Å². The molecule has 2 aromatic heterocycles. The molecule has 33 heavy (non-hydrogen) atoms. The SMILES string of the molecule is CSc1ccc(-c2noc(C3=C(C)N(Cc4ccco4)C(=O)NC3c3ccccc3)n2)cc1. The Hall–Kier alpha value is -3.78. The van der Waals surface area contributed by atoms with Crippen LogP contribution in [0.2, 0.25) is 0 Å². The van der Waals surface area contributed by atoms with Crippen LogP contribution in [0.1, 0.15) is 30.2 Å². The molecule has 2 amide bonds. The quantitative estimate of drug-likeness (QED) is 0.371. The van der Waals surface area contributed by atoms with Crippen molar-refractivity contribution in [2.24, 2.45) is 0 Å². The minimum atomic E-state index is -0.418. The first-order chi connectivity index (χ1) is 16.1. The number of nitrogens with one attached hydrogen (secondary N) is 1. The number of rotatable bonds is 6. The van der Waals surface area contributed by atoms with Gasteiger partial charge in [0.25, 0.3) is 5.89 Å². The molecule has 0 spiro atoms. The van der Waals surface area contributed by atoms with Gasteiger partial charge < -0.3 is 14.3 Å². The van der Waals surface area contributed by atoms with Crippen molar-refractivity contribution in [1.82, 2.24) is 20.4 Å². The Morgan fingerprint density at radius 2 is 1.85 bits per heavy atom. The highest BCUT2D eigenvalue weighted by Gasteiger charge is 2.36. The zero-order valence-electron chi connectivity index (χ0n) is 18.2. The Morgan fingerprint density at radius 1 is 1.06 bits per heavy atom. The monoisotopic (exact) mass is 458 g/mol. The predicted octanol–water partition coefficient (Wildman–Crippen LogP) is 5.75. The lowest BCUT2D eigenvalue weighted by Gasteiger charge is -2.34. The first-order valence-corrected chi connectivity index (χ1v) is 11.7. The topological polar surface area (TPSA) is 84.4 Å². The van der Waals surface area contributed by atoms with Crippen molar-refractivity contribution in [1.29, 1.82) is 0 Å². The second-order valence-electron chi connectivity index (χ2n) is 7.61. The molecule has 1 atom stereocenters. The van der Waals surface area contributed by atoms with Gasteiger partial charge >= 0.3 is 6.03 Å². The summed E-state index contributed by atoms with van der Waals surface area (Å²) < 4.78 is 11.2. The number of urea groups is 1. The predicted molar refractivity (Wildman–Crippen MR) is 126 cm³/mol. The van der Waals surface area contributed by atoms with E-state index < -0.39 is 6.04 Å². The molecule has 5 rings (SSSR count). The molecule has 2 aromatic carbocycles. The summed E-state index contributed by atoms with van der Waals surface area (Å²) in [6, 6.07) is 20.8. The Labute approximate surface area is 195 Å². The van der Waals surface area contributed by atoms with Crippen molar-refractivity contribution >= 4 is 23.4 Å². The number of nitrogens with zero attached hydrogens (tertiary/aromatic N) is 3. The number of hydrogen-bond donors (Lipinski definition) is 1. The molecule has 4 aromatic rings. The van der Waals surface area contributed by atoms with E-state index in [1.54, 1.807) is 29.0 Å². The summed E-state index contributed by atoms with van der Waals surface area (Å²) in [6.45, 7) is 2.19. The standard InChI is InChI=1S/C25H22N4O3S/c1-16-21(24-27-23(28-32-24)18-10-12-20(33-2)13-11-18)22(17-7-4-3-5-8-17)26-25(30)29(16)15-19-9-6-14-31-19/h3-14,22H,15H2,1-2H3,(H,26,30). The van der Waals surface area contributed by atoms with E-state index in [1.165, 1.54) is 0 Å².